The molecule has 2 saturated heterocycles. The summed E-state index contributed by atoms with van der Waals surface area (Å²) in [7, 11) is 0. The quantitative estimate of drug-likeness (QED) is 0.358. The first-order valence-corrected chi connectivity index (χ1v) is 12.5. The summed E-state index contributed by atoms with van der Waals surface area (Å²) in [5, 5.41) is 5.64. The van der Waals surface area contributed by atoms with E-state index >= 15 is 0 Å². The first kappa shape index (κ1) is 22.8. The SMILES string of the molecule is CC(C)n1nc(C(=O)N[N+]2(CCCOc3ccc(F)cc3)C3CCCC2CC3)c2ccccc21. The van der Waals surface area contributed by atoms with E-state index in [9.17, 15) is 9.18 Å². The van der Waals surface area contributed by atoms with E-state index in [0.29, 0.717) is 34.7 Å². The van der Waals surface area contributed by atoms with Gasteiger partial charge < -0.3 is 4.74 Å². The normalized spacial score (nSPS) is 24.0. The number of nitrogens with one attached hydrogen (secondary N) is 1. The third-order valence-corrected chi connectivity index (χ3v) is 7.59. The Hall–Kier alpha value is -2.93. The molecule has 0 spiro atoms. The monoisotopic (exact) mass is 465 g/mol. The Balaban J connectivity index is 1.35. The fourth-order valence-electron chi connectivity index (χ4n) is 6.03. The summed E-state index contributed by atoms with van der Waals surface area (Å²) >= 11 is 0. The second kappa shape index (κ2) is 9.37. The van der Waals surface area contributed by atoms with Crippen LogP contribution >= 0.6 is 0 Å². The van der Waals surface area contributed by atoms with E-state index in [4.69, 9.17) is 9.84 Å². The number of fused-ring (bicyclic) bond motifs is 3. The Morgan fingerprint density at radius 1 is 1.12 bits per heavy atom. The lowest BCUT2D eigenvalue weighted by Gasteiger charge is -2.46. The Morgan fingerprint density at radius 3 is 2.53 bits per heavy atom. The van der Waals surface area contributed by atoms with Crippen LogP contribution in [0.15, 0.2) is 48.5 Å². The molecule has 2 aliphatic rings. The van der Waals surface area contributed by atoms with Gasteiger partial charge in [0.05, 0.1) is 12.1 Å². The number of amides is 1. The maximum Gasteiger partial charge on any atom is 0.317 e. The molecule has 3 heterocycles. The van der Waals surface area contributed by atoms with Crippen LogP contribution in [0.1, 0.15) is 68.9 Å². The van der Waals surface area contributed by atoms with E-state index < -0.39 is 0 Å². The summed E-state index contributed by atoms with van der Waals surface area (Å²) in [6, 6.07) is 15.2. The summed E-state index contributed by atoms with van der Waals surface area (Å²) in [6.07, 6.45) is 6.59. The molecule has 7 heteroatoms. The van der Waals surface area contributed by atoms with Gasteiger partial charge in [-0.2, -0.15) is 10.5 Å². The second-order valence-electron chi connectivity index (χ2n) is 9.97. The molecular formula is C27H34FN4O2+. The van der Waals surface area contributed by atoms with Gasteiger partial charge in [0.25, 0.3) is 0 Å². The Labute approximate surface area is 200 Å². The summed E-state index contributed by atoms with van der Waals surface area (Å²) in [4.78, 5) is 13.7. The number of carbonyl (C=O) groups is 1. The number of para-hydroxylation sites is 1. The van der Waals surface area contributed by atoms with Gasteiger partial charge in [0.1, 0.15) is 30.2 Å². The molecule has 34 heavy (non-hydrogen) atoms. The summed E-state index contributed by atoms with van der Waals surface area (Å²) < 4.78 is 21.6. The second-order valence-corrected chi connectivity index (χ2v) is 9.97. The lowest BCUT2D eigenvalue weighted by Crippen LogP contribution is -2.68. The molecule has 180 valence electrons. The Kier molecular flexibility index (Phi) is 6.30. The van der Waals surface area contributed by atoms with Crippen molar-refractivity contribution in [3.05, 3.63) is 60.0 Å². The van der Waals surface area contributed by atoms with E-state index in [-0.39, 0.29) is 17.8 Å². The van der Waals surface area contributed by atoms with Gasteiger partial charge in [0, 0.05) is 43.5 Å². The highest BCUT2D eigenvalue weighted by Gasteiger charge is 2.53. The highest BCUT2D eigenvalue weighted by molar-refractivity contribution is 6.04. The van der Waals surface area contributed by atoms with Gasteiger partial charge in [-0.1, -0.05) is 18.2 Å². The molecule has 0 saturated carbocycles. The van der Waals surface area contributed by atoms with Crippen molar-refractivity contribution < 1.29 is 18.5 Å². The fraction of sp³-hybridized carbons (Fsp3) is 0.481. The van der Waals surface area contributed by atoms with Crippen molar-refractivity contribution in [1.29, 1.82) is 0 Å². The minimum absolute atomic E-state index is 0.0890. The number of ether oxygens (including phenoxy) is 1. The van der Waals surface area contributed by atoms with Crippen LogP contribution < -0.4 is 10.2 Å². The number of hydrogen-bond donors (Lipinski definition) is 1. The molecule has 2 fully saturated rings. The first-order chi connectivity index (χ1) is 16.5. The predicted octanol–water partition coefficient (Wildman–Crippen LogP) is 5.40. The smallest absolute Gasteiger partial charge is 0.317 e. The largest absolute Gasteiger partial charge is 0.493 e. The molecule has 2 aromatic carbocycles. The highest BCUT2D eigenvalue weighted by Crippen LogP contribution is 2.41. The zero-order chi connectivity index (χ0) is 23.7. The predicted molar refractivity (Wildman–Crippen MR) is 130 cm³/mol. The van der Waals surface area contributed by atoms with Crippen molar-refractivity contribution in [3.8, 4) is 5.75 Å². The van der Waals surface area contributed by atoms with E-state index in [1.165, 1.54) is 18.6 Å². The van der Waals surface area contributed by atoms with Crippen LogP contribution in [0.2, 0.25) is 0 Å². The van der Waals surface area contributed by atoms with Crippen LogP contribution in [0.25, 0.3) is 10.9 Å². The van der Waals surface area contributed by atoms with Gasteiger partial charge in [0.2, 0.25) is 0 Å². The zero-order valence-electron chi connectivity index (χ0n) is 20.0. The van der Waals surface area contributed by atoms with Gasteiger partial charge in [-0.15, -0.1) is 0 Å². The maximum absolute atomic E-state index is 13.7. The molecule has 2 atom stereocenters. The lowest BCUT2D eigenvalue weighted by atomic mass is 10.0. The summed E-state index contributed by atoms with van der Waals surface area (Å²) in [5.41, 5.74) is 4.98. The Bertz CT molecular complexity index is 1140. The number of quaternary nitrogens is 1. The molecule has 2 bridgehead atoms. The lowest BCUT2D eigenvalue weighted by molar-refractivity contribution is -0.997. The van der Waals surface area contributed by atoms with E-state index in [2.05, 4.69) is 19.3 Å². The van der Waals surface area contributed by atoms with Crippen molar-refractivity contribution in [2.24, 2.45) is 0 Å². The van der Waals surface area contributed by atoms with E-state index in [1.807, 2.05) is 28.9 Å². The van der Waals surface area contributed by atoms with Crippen molar-refractivity contribution in [2.75, 3.05) is 13.2 Å². The maximum atomic E-state index is 13.7. The molecule has 1 N–H and O–H groups in total. The number of halogens is 1. The fourth-order valence-corrected chi connectivity index (χ4v) is 6.03. The number of hydrogen-bond acceptors (Lipinski definition) is 3. The van der Waals surface area contributed by atoms with Gasteiger partial charge in [-0.25, -0.2) is 8.98 Å². The number of aromatic nitrogens is 2. The molecule has 0 radical (unpaired) electrons. The number of nitrogens with zero attached hydrogens (tertiary/aromatic N) is 3. The molecule has 3 aromatic rings. The molecule has 2 aliphatic heterocycles. The standard InChI is InChI=1S/C27H33FN4O2/c1-19(2)31-25-10-4-3-9-24(25)26(29-31)27(33)30-32(21-7-5-8-22(32)14-13-21)17-6-18-34-23-15-11-20(28)12-16-23/h3-4,9-12,15-16,19,21-22H,5-8,13-14,17-18H2,1-2H3/p+1. The summed E-state index contributed by atoms with van der Waals surface area (Å²) in [5.74, 6) is 0.315. The minimum atomic E-state index is -0.267. The Morgan fingerprint density at radius 2 is 1.82 bits per heavy atom. The van der Waals surface area contributed by atoms with Gasteiger partial charge in [0.15, 0.2) is 5.69 Å². The summed E-state index contributed by atoms with van der Waals surface area (Å²) in [6.45, 7) is 5.53. The minimum Gasteiger partial charge on any atom is -0.493 e. The van der Waals surface area contributed by atoms with Gasteiger partial charge in [-0.05, 0) is 50.6 Å². The molecule has 0 aliphatic carbocycles. The molecular weight excluding hydrogens is 431 g/mol. The van der Waals surface area contributed by atoms with Crippen molar-refractivity contribution >= 4 is 16.8 Å². The number of piperidine rings is 1. The molecule has 2 unspecified atom stereocenters. The van der Waals surface area contributed by atoms with Crippen LogP contribution in [0.3, 0.4) is 0 Å². The third-order valence-electron chi connectivity index (χ3n) is 7.59. The van der Waals surface area contributed by atoms with Crippen LogP contribution in [0.4, 0.5) is 4.39 Å². The molecule has 6 nitrogen and oxygen atoms in total. The highest BCUT2D eigenvalue weighted by atomic mass is 19.1. The van der Waals surface area contributed by atoms with E-state index in [0.717, 1.165) is 49.6 Å². The average molecular weight is 466 g/mol. The van der Waals surface area contributed by atoms with Crippen LogP contribution in [-0.4, -0.2) is 45.5 Å². The van der Waals surface area contributed by atoms with Gasteiger partial charge >= 0.3 is 5.91 Å². The van der Waals surface area contributed by atoms with Crippen molar-refractivity contribution in [2.45, 2.75) is 70.5 Å². The first-order valence-electron chi connectivity index (χ1n) is 12.5. The number of carbonyl (C=O) groups excluding carboxylic acids is 1. The van der Waals surface area contributed by atoms with Crippen LogP contribution in [0, 0.1) is 5.82 Å². The van der Waals surface area contributed by atoms with Gasteiger partial charge in [-0.3, -0.25) is 9.48 Å². The zero-order valence-corrected chi connectivity index (χ0v) is 20.0. The van der Waals surface area contributed by atoms with E-state index in [1.54, 1.807) is 12.1 Å². The average Bonchev–Trinajstić information content (AvgIpc) is 3.26. The molecule has 1 aromatic heterocycles. The van der Waals surface area contributed by atoms with Crippen LogP contribution in [-0.2, 0) is 0 Å². The number of benzene rings is 2. The third kappa shape index (κ3) is 4.17. The van der Waals surface area contributed by atoms with Crippen LogP contribution in [0.5, 0.6) is 5.75 Å². The topological polar surface area (TPSA) is 56.2 Å². The molecule has 1 amide bonds. The number of rotatable bonds is 8. The van der Waals surface area contributed by atoms with Crippen molar-refractivity contribution in [3.63, 3.8) is 0 Å². The molecule has 5 rings (SSSR count). The van der Waals surface area contributed by atoms with Crippen molar-refractivity contribution in [1.82, 2.24) is 15.2 Å².